The van der Waals surface area contributed by atoms with Crippen molar-refractivity contribution < 1.29 is 3.78 Å². The van der Waals surface area contributed by atoms with Crippen molar-refractivity contribution in [2.45, 2.75) is 0 Å². The maximum atomic E-state index is 8.38. The maximum Gasteiger partial charge on any atom is -0.0149 e. The van der Waals surface area contributed by atoms with Crippen LogP contribution in [0.15, 0.2) is 0 Å². The van der Waals surface area contributed by atoms with E-state index in [1.807, 2.05) is 0 Å². The van der Waals surface area contributed by atoms with E-state index in [1.54, 1.807) is 0 Å². The zero-order chi connectivity index (χ0) is 2.00. The summed E-state index contributed by atoms with van der Waals surface area (Å²) in [6, 6.07) is 0. The molecule has 0 radical (unpaired) electrons. The van der Waals surface area contributed by atoms with Gasteiger partial charge >= 0.3 is 37.8 Å². The van der Waals surface area contributed by atoms with Crippen LogP contribution in [0, 0.1) is 0 Å². The van der Waals surface area contributed by atoms with Crippen molar-refractivity contribution >= 4 is 45.0 Å². The van der Waals surface area contributed by atoms with Crippen molar-refractivity contribution in [3.8, 4) is 0 Å². The molecule has 0 spiro atoms. The van der Waals surface area contributed by atoms with Gasteiger partial charge < -0.3 is 0 Å². The molecular weight excluding hydrogens is 189 g/mol. The third-order valence-electron chi connectivity index (χ3n) is 0. The molecule has 0 rings (SSSR count). The zero-order valence-electron chi connectivity index (χ0n) is 1.12. The SMILES string of the molecule is [GeH4].[O]=[GeH2].[SiH4]. The van der Waals surface area contributed by atoms with Crippen molar-refractivity contribution in [3.63, 3.8) is 0 Å². The van der Waals surface area contributed by atoms with Crippen LogP contribution >= 0.6 is 0 Å². The van der Waals surface area contributed by atoms with Gasteiger partial charge in [-0.2, -0.15) is 0 Å². The Morgan fingerprint density at radius 1 is 1.25 bits per heavy atom. The standard InChI is InChI=1S/GeH2O.GeH4.H4Si/c1-2;;/h1H2;2*1H4. The summed E-state index contributed by atoms with van der Waals surface area (Å²) in [5.41, 5.74) is 0. The van der Waals surface area contributed by atoms with Crippen LogP contribution in [0.5, 0.6) is 0 Å². The van der Waals surface area contributed by atoms with Crippen LogP contribution in [0.3, 0.4) is 0 Å². The van der Waals surface area contributed by atoms with Crippen LogP contribution in [0.25, 0.3) is 0 Å². The molecular formula is H10Ge2OSi. The van der Waals surface area contributed by atoms with Crippen LogP contribution in [-0.4, -0.2) is 45.0 Å². The normalized spacial score (nSPS) is 1.00. The largest absolute Gasteiger partial charge is 0.0149 e. The summed E-state index contributed by atoms with van der Waals surface area (Å²) < 4.78 is 8.38. The predicted molar refractivity (Wildman–Crippen MR) is 31.9 cm³/mol. The Bertz CT molecular complexity index is 6.00. The fourth-order valence-corrected chi connectivity index (χ4v) is 0. The first kappa shape index (κ1) is 19.4. The van der Waals surface area contributed by atoms with Crippen LogP contribution in [0.2, 0.25) is 0 Å². The molecule has 0 heterocycles. The van der Waals surface area contributed by atoms with E-state index >= 15 is 0 Å². The number of hydrogen-bond donors (Lipinski definition) is 0. The molecule has 0 aromatic rings. The van der Waals surface area contributed by atoms with Gasteiger partial charge in [-0.05, 0) is 11.0 Å². The average molecular weight is 199 g/mol. The molecule has 0 aromatic carbocycles. The Morgan fingerprint density at radius 2 is 1.25 bits per heavy atom. The Kier molecular flexibility index (Phi) is 158. The van der Waals surface area contributed by atoms with E-state index in [1.165, 1.54) is 0 Å². The molecule has 4 heteroatoms. The zero-order valence-corrected chi connectivity index (χ0v) is 4.08. The second-order valence-electron chi connectivity index (χ2n) is 0. The van der Waals surface area contributed by atoms with Crippen molar-refractivity contribution in [1.82, 2.24) is 0 Å². The van der Waals surface area contributed by atoms with Gasteiger partial charge in [-0.1, -0.05) is 0 Å². The third-order valence-corrected chi connectivity index (χ3v) is 0. The quantitative estimate of drug-likeness (QED) is 0.364. The second-order valence-corrected chi connectivity index (χ2v) is 0. The Labute approximate surface area is 49.0 Å². The summed E-state index contributed by atoms with van der Waals surface area (Å²) in [5.74, 6) is 0. The summed E-state index contributed by atoms with van der Waals surface area (Å²) in [7, 11) is 0. The molecule has 0 aliphatic heterocycles. The van der Waals surface area contributed by atoms with E-state index in [2.05, 4.69) is 0 Å². The Balaban J connectivity index is -0.00000000500. The summed E-state index contributed by atoms with van der Waals surface area (Å²) in [6.45, 7) is 0. The van der Waals surface area contributed by atoms with Gasteiger partial charge in [0.25, 0.3) is 0 Å². The van der Waals surface area contributed by atoms with Crippen molar-refractivity contribution in [2.75, 3.05) is 0 Å². The number of hydrogen-bond acceptors (Lipinski definition) is 1. The molecule has 0 amide bonds. The third kappa shape index (κ3) is 11.3. The molecule has 0 aliphatic carbocycles. The van der Waals surface area contributed by atoms with Gasteiger partial charge in [-0.15, -0.1) is 0 Å². The molecule has 0 atom stereocenters. The monoisotopic (exact) mass is 202 g/mol. The molecule has 0 aromatic heterocycles. The minimum Gasteiger partial charge on any atom is -0.0149 e. The second kappa shape index (κ2) is 32.5. The van der Waals surface area contributed by atoms with Crippen molar-refractivity contribution in [1.29, 1.82) is 0 Å². The smallest absolute Gasteiger partial charge is 0.0149 e. The van der Waals surface area contributed by atoms with E-state index < -0.39 is 0 Å². The van der Waals surface area contributed by atoms with Gasteiger partial charge in [0.05, 0.1) is 0 Å². The van der Waals surface area contributed by atoms with Gasteiger partial charge in [0.1, 0.15) is 0 Å². The summed E-state index contributed by atoms with van der Waals surface area (Å²) >= 11 is 0.125. The van der Waals surface area contributed by atoms with Crippen LogP contribution < -0.4 is 0 Å². The minimum atomic E-state index is 0. The molecule has 0 N–H and O–H groups in total. The van der Waals surface area contributed by atoms with Gasteiger partial charge in [0.15, 0.2) is 0 Å². The minimum absolute atomic E-state index is 0. The van der Waals surface area contributed by atoms with E-state index in [0.29, 0.717) is 0 Å². The van der Waals surface area contributed by atoms with Crippen molar-refractivity contribution in [2.24, 2.45) is 0 Å². The van der Waals surface area contributed by atoms with E-state index in [0.717, 1.165) is 0 Å². The molecule has 0 fully saturated rings. The summed E-state index contributed by atoms with van der Waals surface area (Å²) in [5, 5.41) is 0. The van der Waals surface area contributed by atoms with Crippen LogP contribution in [0.4, 0.5) is 0 Å². The Hall–Kier alpha value is 1.10. The summed E-state index contributed by atoms with van der Waals surface area (Å²) in [6.07, 6.45) is 0. The maximum absolute atomic E-state index is 8.38. The first-order valence-electron chi connectivity index (χ1n) is 0.289. The first-order valence-corrected chi connectivity index (χ1v) is 1.50. The van der Waals surface area contributed by atoms with Crippen LogP contribution in [0.1, 0.15) is 0 Å². The summed E-state index contributed by atoms with van der Waals surface area (Å²) in [4.78, 5) is 0. The topological polar surface area (TPSA) is 17.1 Å². The van der Waals surface area contributed by atoms with E-state index in [-0.39, 0.29) is 45.0 Å². The predicted octanol–water partition coefficient (Wildman–Crippen LogP) is -3.94. The van der Waals surface area contributed by atoms with Crippen LogP contribution in [-0.2, 0) is 3.78 Å². The molecule has 0 saturated heterocycles. The fraction of sp³-hybridized carbons (Fsp3) is 0. The molecule has 0 bridgehead atoms. The van der Waals surface area contributed by atoms with E-state index in [4.69, 9.17) is 3.78 Å². The van der Waals surface area contributed by atoms with Crippen molar-refractivity contribution in [3.05, 3.63) is 0 Å². The molecule has 28 valence electrons. The molecule has 0 unspecified atom stereocenters. The van der Waals surface area contributed by atoms with E-state index in [9.17, 15) is 0 Å². The average Bonchev–Trinajstić information content (AvgIpc) is 1.00. The van der Waals surface area contributed by atoms with Gasteiger partial charge in [-0.3, -0.25) is 0 Å². The van der Waals surface area contributed by atoms with Gasteiger partial charge in [0.2, 0.25) is 0 Å². The molecule has 4 heavy (non-hydrogen) atoms. The Morgan fingerprint density at radius 3 is 1.25 bits per heavy atom. The first-order chi connectivity index (χ1) is 1.00. The molecule has 0 aliphatic rings. The molecule has 1 nitrogen and oxygen atoms in total. The fourth-order valence-electron chi connectivity index (χ4n) is 0. The molecule has 0 saturated carbocycles. The van der Waals surface area contributed by atoms with Gasteiger partial charge in [-0.25, -0.2) is 0 Å². The number of rotatable bonds is 0. The van der Waals surface area contributed by atoms with Gasteiger partial charge in [0, 0.05) is 0 Å².